The molecule has 3 rings (SSSR count). The first-order chi connectivity index (χ1) is 9.28. The number of alkyl halides is 1. The third-order valence-electron chi connectivity index (χ3n) is 3.05. The highest BCUT2D eigenvalue weighted by Crippen LogP contribution is 2.28. The lowest BCUT2D eigenvalue weighted by molar-refractivity contribution is 0.561. The summed E-state index contributed by atoms with van der Waals surface area (Å²) < 4.78 is 5.29. The van der Waals surface area contributed by atoms with Crippen LogP contribution in [0.15, 0.2) is 63.8 Å². The molecule has 3 aromatic rings. The van der Waals surface area contributed by atoms with Gasteiger partial charge in [0.2, 0.25) is 0 Å². The number of benzene rings is 2. The van der Waals surface area contributed by atoms with Gasteiger partial charge in [0.25, 0.3) is 0 Å². The van der Waals surface area contributed by atoms with E-state index in [1.807, 2.05) is 48.5 Å². The SMILES string of the molecule is O=c1cc(-c2ccccc2)c2ccc(CBr)cc2o1. The summed E-state index contributed by atoms with van der Waals surface area (Å²) in [6.45, 7) is 0. The highest BCUT2D eigenvalue weighted by Gasteiger charge is 2.07. The molecule has 0 spiro atoms. The molecular formula is C16H11BrO2. The van der Waals surface area contributed by atoms with Crippen molar-refractivity contribution in [2.45, 2.75) is 5.33 Å². The van der Waals surface area contributed by atoms with E-state index in [4.69, 9.17) is 4.42 Å². The Bertz CT molecular complexity index is 776. The summed E-state index contributed by atoms with van der Waals surface area (Å²) in [5.41, 5.74) is 3.32. The average molecular weight is 315 g/mol. The number of fused-ring (bicyclic) bond motifs is 1. The summed E-state index contributed by atoms with van der Waals surface area (Å²) in [6, 6.07) is 17.3. The number of hydrogen-bond donors (Lipinski definition) is 0. The normalized spacial score (nSPS) is 10.8. The third-order valence-corrected chi connectivity index (χ3v) is 3.70. The van der Waals surface area contributed by atoms with Crippen LogP contribution in [-0.2, 0) is 5.33 Å². The van der Waals surface area contributed by atoms with Crippen molar-refractivity contribution in [3.05, 3.63) is 70.6 Å². The van der Waals surface area contributed by atoms with Crippen molar-refractivity contribution in [3.63, 3.8) is 0 Å². The van der Waals surface area contributed by atoms with E-state index in [1.165, 1.54) is 0 Å². The second kappa shape index (κ2) is 5.02. The van der Waals surface area contributed by atoms with E-state index in [0.29, 0.717) is 5.58 Å². The van der Waals surface area contributed by atoms with Gasteiger partial charge >= 0.3 is 5.63 Å². The zero-order chi connectivity index (χ0) is 13.2. The summed E-state index contributed by atoms with van der Waals surface area (Å²) in [5.74, 6) is 0. The quantitative estimate of drug-likeness (QED) is 0.520. The zero-order valence-electron chi connectivity index (χ0n) is 10.1. The van der Waals surface area contributed by atoms with Gasteiger partial charge in [-0.1, -0.05) is 58.4 Å². The molecule has 0 aliphatic rings. The summed E-state index contributed by atoms with van der Waals surface area (Å²) in [7, 11) is 0. The van der Waals surface area contributed by atoms with Crippen LogP contribution in [0.2, 0.25) is 0 Å². The molecule has 3 heteroatoms. The van der Waals surface area contributed by atoms with Gasteiger partial charge in [-0.15, -0.1) is 0 Å². The first-order valence-electron chi connectivity index (χ1n) is 5.96. The molecule has 0 saturated carbocycles. The third kappa shape index (κ3) is 2.34. The van der Waals surface area contributed by atoms with E-state index in [9.17, 15) is 4.79 Å². The molecule has 0 amide bonds. The minimum Gasteiger partial charge on any atom is -0.423 e. The van der Waals surface area contributed by atoms with Crippen molar-refractivity contribution in [3.8, 4) is 11.1 Å². The Hall–Kier alpha value is -1.87. The Morgan fingerprint density at radius 3 is 2.53 bits per heavy atom. The molecule has 0 bridgehead atoms. The van der Waals surface area contributed by atoms with Gasteiger partial charge in [0.05, 0.1) is 0 Å². The van der Waals surface area contributed by atoms with Crippen LogP contribution in [-0.4, -0.2) is 0 Å². The van der Waals surface area contributed by atoms with Gasteiger partial charge in [-0.05, 0) is 22.8 Å². The van der Waals surface area contributed by atoms with Crippen LogP contribution in [0.4, 0.5) is 0 Å². The summed E-state index contributed by atoms with van der Waals surface area (Å²) in [6.07, 6.45) is 0. The molecule has 2 aromatic carbocycles. The summed E-state index contributed by atoms with van der Waals surface area (Å²) in [4.78, 5) is 11.7. The fraction of sp³-hybridized carbons (Fsp3) is 0.0625. The van der Waals surface area contributed by atoms with Crippen LogP contribution < -0.4 is 5.63 Å². The Morgan fingerprint density at radius 2 is 1.79 bits per heavy atom. The van der Waals surface area contributed by atoms with Gasteiger partial charge in [0.1, 0.15) is 5.58 Å². The van der Waals surface area contributed by atoms with Gasteiger partial charge in [-0.2, -0.15) is 0 Å². The van der Waals surface area contributed by atoms with E-state index < -0.39 is 0 Å². The van der Waals surface area contributed by atoms with E-state index in [1.54, 1.807) is 6.07 Å². The average Bonchev–Trinajstić information content (AvgIpc) is 2.46. The lowest BCUT2D eigenvalue weighted by Crippen LogP contribution is -1.98. The minimum absolute atomic E-state index is 0.321. The molecule has 0 fully saturated rings. The molecule has 2 nitrogen and oxygen atoms in total. The molecule has 1 aromatic heterocycles. The van der Waals surface area contributed by atoms with Gasteiger partial charge in [-0.3, -0.25) is 0 Å². The molecule has 1 heterocycles. The van der Waals surface area contributed by atoms with Crippen LogP contribution in [0.5, 0.6) is 0 Å². The van der Waals surface area contributed by atoms with Crippen LogP contribution in [0, 0.1) is 0 Å². The maximum Gasteiger partial charge on any atom is 0.336 e. The second-order valence-electron chi connectivity index (χ2n) is 4.31. The van der Waals surface area contributed by atoms with E-state index in [-0.39, 0.29) is 5.63 Å². The van der Waals surface area contributed by atoms with Crippen molar-refractivity contribution in [2.24, 2.45) is 0 Å². The lowest BCUT2D eigenvalue weighted by Gasteiger charge is -2.06. The zero-order valence-corrected chi connectivity index (χ0v) is 11.7. The molecule has 0 aliphatic heterocycles. The lowest BCUT2D eigenvalue weighted by atomic mass is 10.0. The van der Waals surface area contributed by atoms with Gasteiger partial charge < -0.3 is 4.42 Å². The van der Waals surface area contributed by atoms with Crippen molar-refractivity contribution in [1.29, 1.82) is 0 Å². The fourth-order valence-corrected chi connectivity index (χ4v) is 2.50. The first-order valence-corrected chi connectivity index (χ1v) is 7.08. The molecule has 0 atom stereocenters. The van der Waals surface area contributed by atoms with Crippen LogP contribution in [0.1, 0.15) is 5.56 Å². The first kappa shape index (κ1) is 12.2. The van der Waals surface area contributed by atoms with Crippen molar-refractivity contribution >= 4 is 26.9 Å². The standard InChI is InChI=1S/C16H11BrO2/c17-10-11-6-7-13-14(12-4-2-1-3-5-12)9-16(18)19-15(13)8-11/h1-9H,10H2. The second-order valence-corrected chi connectivity index (χ2v) is 4.87. The monoisotopic (exact) mass is 314 g/mol. The molecule has 0 saturated heterocycles. The summed E-state index contributed by atoms with van der Waals surface area (Å²) in [5, 5.41) is 1.69. The molecule has 0 aliphatic carbocycles. The van der Waals surface area contributed by atoms with Crippen molar-refractivity contribution in [2.75, 3.05) is 0 Å². The maximum absolute atomic E-state index is 11.7. The number of rotatable bonds is 2. The van der Waals surface area contributed by atoms with Gasteiger partial charge in [-0.25, -0.2) is 4.79 Å². The minimum atomic E-state index is -0.321. The number of halogens is 1. The Labute approximate surface area is 118 Å². The fourth-order valence-electron chi connectivity index (χ4n) is 2.15. The highest BCUT2D eigenvalue weighted by molar-refractivity contribution is 9.08. The van der Waals surface area contributed by atoms with Crippen LogP contribution in [0.25, 0.3) is 22.1 Å². The maximum atomic E-state index is 11.7. The van der Waals surface area contributed by atoms with E-state index >= 15 is 0 Å². The largest absolute Gasteiger partial charge is 0.423 e. The molecule has 19 heavy (non-hydrogen) atoms. The van der Waals surface area contributed by atoms with E-state index in [0.717, 1.165) is 27.4 Å². The van der Waals surface area contributed by atoms with Crippen LogP contribution >= 0.6 is 15.9 Å². The molecule has 0 N–H and O–H groups in total. The summed E-state index contributed by atoms with van der Waals surface area (Å²) >= 11 is 3.41. The van der Waals surface area contributed by atoms with Gasteiger partial charge in [0.15, 0.2) is 0 Å². The number of hydrogen-bond acceptors (Lipinski definition) is 2. The molecule has 0 unspecified atom stereocenters. The molecule has 0 radical (unpaired) electrons. The smallest absolute Gasteiger partial charge is 0.336 e. The Kier molecular flexibility index (Phi) is 3.22. The predicted molar refractivity (Wildman–Crippen MR) is 80.6 cm³/mol. The Balaban J connectivity index is 2.33. The molecule has 94 valence electrons. The topological polar surface area (TPSA) is 30.2 Å². The van der Waals surface area contributed by atoms with Crippen LogP contribution in [0.3, 0.4) is 0 Å². The van der Waals surface area contributed by atoms with Crippen molar-refractivity contribution in [1.82, 2.24) is 0 Å². The predicted octanol–water partition coefficient (Wildman–Crippen LogP) is 4.35. The highest BCUT2D eigenvalue weighted by atomic mass is 79.9. The Morgan fingerprint density at radius 1 is 1.00 bits per heavy atom. The van der Waals surface area contributed by atoms with E-state index in [2.05, 4.69) is 15.9 Å². The van der Waals surface area contributed by atoms with Gasteiger partial charge in [0, 0.05) is 16.8 Å². The molecular weight excluding hydrogens is 304 g/mol. The van der Waals surface area contributed by atoms with Crippen molar-refractivity contribution < 1.29 is 4.42 Å².